The van der Waals surface area contributed by atoms with Crippen LogP contribution in [0.5, 0.6) is 0 Å². The lowest BCUT2D eigenvalue weighted by Crippen LogP contribution is -2.59. The zero-order chi connectivity index (χ0) is 72.3. The van der Waals surface area contributed by atoms with Gasteiger partial charge in [-0.2, -0.15) is 0 Å². The second-order valence-corrected chi connectivity index (χ2v) is 24.6. The molecule has 7 amide bonds. The highest BCUT2D eigenvalue weighted by atomic mass is 16.7. The quantitative estimate of drug-likeness (QED) is 0.0252. The van der Waals surface area contributed by atoms with E-state index in [4.69, 9.17) is 42.6 Å². The average Bonchev–Trinajstić information content (AvgIpc) is 0.824. The maximum absolute atomic E-state index is 13.5. The van der Waals surface area contributed by atoms with Crippen LogP contribution < -0.4 is 37.2 Å². The fourth-order valence-corrected chi connectivity index (χ4v) is 10.2. The number of carbonyl (C=O) groups is 8. The van der Waals surface area contributed by atoms with Gasteiger partial charge in [-0.3, -0.25) is 33.6 Å². The predicted octanol–water partition coefficient (Wildman–Crippen LogP) is -6.96. The lowest BCUT2D eigenvalue weighted by atomic mass is 9.91. The first-order chi connectivity index (χ1) is 46.9. The Morgan fingerprint density at radius 1 is 0.388 bits per heavy atom. The van der Waals surface area contributed by atoms with Crippen molar-refractivity contribution in [2.45, 2.75) is 220 Å². The minimum absolute atomic E-state index is 0.0633. The molecule has 0 aromatic rings. The van der Waals surface area contributed by atoms with E-state index in [1.165, 1.54) is 6.92 Å². The summed E-state index contributed by atoms with van der Waals surface area (Å²) >= 11 is 0. The third kappa shape index (κ3) is 34.7. The van der Waals surface area contributed by atoms with Gasteiger partial charge in [0, 0.05) is 117 Å². The van der Waals surface area contributed by atoms with Crippen LogP contribution in [0.2, 0.25) is 0 Å². The molecule has 36 heteroatoms. The summed E-state index contributed by atoms with van der Waals surface area (Å²) in [4.78, 5) is 101. The van der Waals surface area contributed by atoms with Gasteiger partial charge in [-0.05, 0) is 71.1 Å². The lowest BCUT2D eigenvalue weighted by Gasteiger charge is -2.43. The van der Waals surface area contributed by atoms with Crippen molar-refractivity contribution >= 4 is 47.1 Å². The third-order valence-corrected chi connectivity index (χ3v) is 16.0. The summed E-state index contributed by atoms with van der Waals surface area (Å²) in [5.74, 6) is -2.51. The Labute approximate surface area is 570 Å². The maximum atomic E-state index is 13.5. The normalized spacial score (nSPS) is 25.1. The molecule has 0 saturated carbocycles. The average molecular weight is 1420 g/mol. The van der Waals surface area contributed by atoms with Crippen molar-refractivity contribution in [1.29, 1.82) is 0 Å². The summed E-state index contributed by atoms with van der Waals surface area (Å²) in [5, 5.41) is 138. The SMILES string of the molecule is CC(=O)CCCC(=O)NC(COCCC(=O)NCCCNC(=O)CCCCO[C@@H]1OC(CO)(CO)CC(O)C1O)(COCCC(=O)NCCCNC(=O)CCCCO[C@@H]1OC(CO)[C@@H](O)C(O)C1O)COCCC(=O)NCCCNC(=O)CCCCO[C@@H]1OC(CO)[C@@H](O)C(O)C1O. The molecule has 568 valence electrons. The van der Waals surface area contributed by atoms with Crippen LogP contribution in [0, 0.1) is 0 Å². The van der Waals surface area contributed by atoms with E-state index in [1.807, 2.05) is 0 Å². The van der Waals surface area contributed by atoms with Crippen LogP contribution >= 0.6 is 0 Å². The minimum atomic E-state index is -1.57. The van der Waals surface area contributed by atoms with Crippen molar-refractivity contribution in [3.05, 3.63) is 0 Å². The van der Waals surface area contributed by atoms with Gasteiger partial charge in [0.15, 0.2) is 18.9 Å². The summed E-state index contributed by atoms with van der Waals surface area (Å²) in [6.07, 6.45) is -14.1. The van der Waals surface area contributed by atoms with Crippen LogP contribution in [0.15, 0.2) is 0 Å². The van der Waals surface area contributed by atoms with Crippen LogP contribution in [-0.4, -0.2) is 325 Å². The van der Waals surface area contributed by atoms with Gasteiger partial charge in [-0.25, -0.2) is 0 Å². The number of hydrogen-bond donors (Lipinski definition) is 19. The molecular weight excluding hydrogens is 1310 g/mol. The van der Waals surface area contributed by atoms with Gasteiger partial charge in [0.05, 0.1) is 72.2 Å². The van der Waals surface area contributed by atoms with Gasteiger partial charge < -0.3 is 146 Å². The molecule has 0 aromatic carbocycles. The van der Waals surface area contributed by atoms with Gasteiger partial charge in [0.2, 0.25) is 41.4 Å². The Bertz CT molecular complexity index is 2210. The first-order valence-corrected chi connectivity index (χ1v) is 33.8. The van der Waals surface area contributed by atoms with Crippen molar-refractivity contribution in [1.82, 2.24) is 37.2 Å². The fourth-order valence-electron chi connectivity index (χ4n) is 10.2. The van der Waals surface area contributed by atoms with E-state index >= 15 is 0 Å². The van der Waals surface area contributed by atoms with E-state index in [9.17, 15) is 99.6 Å². The monoisotopic (exact) mass is 1420 g/mol. The van der Waals surface area contributed by atoms with Crippen LogP contribution in [0.4, 0.5) is 0 Å². The zero-order valence-corrected chi connectivity index (χ0v) is 56.2. The maximum Gasteiger partial charge on any atom is 0.222 e. The zero-order valence-electron chi connectivity index (χ0n) is 56.2. The molecule has 3 aliphatic heterocycles. The molecule has 13 atom stereocenters. The number of carbonyl (C=O) groups excluding carboxylic acids is 8. The smallest absolute Gasteiger partial charge is 0.222 e. The molecule has 0 spiro atoms. The molecule has 0 bridgehead atoms. The second kappa shape index (κ2) is 49.6. The molecule has 36 nitrogen and oxygen atoms in total. The highest BCUT2D eigenvalue weighted by Gasteiger charge is 2.47. The number of aliphatic hydroxyl groups is 12. The molecule has 3 saturated heterocycles. The van der Waals surface area contributed by atoms with E-state index < -0.39 is 123 Å². The summed E-state index contributed by atoms with van der Waals surface area (Å²) in [6, 6.07) is 0. The summed E-state index contributed by atoms with van der Waals surface area (Å²) in [6.45, 7) is -0.620. The standard InChI is InChI=1S/C62H111N7O29/c1-40(74)12-8-16-50(82)69-61(37-90-29-17-47(79)66-23-9-20-63-44(76)13-2-5-26-93-58-56(88)54(86)52(84)42(33-70)96-58,38-91-30-18-48(80)67-24-10-21-64-45(77)14-3-6-27-94-59-57(89)55(87)53(85)43(34-71)97-59)39-92-31-19-49(81)68-25-11-22-65-46(78)15-4-7-28-95-60-51(83)41(75)32-62(35-72,36-73)98-60/h41-43,51-60,70-73,75,83-89H,2-39H2,1H3,(H,63,76)(H,64,77)(H,65,78)(H,66,79)(H,67,80)(H,68,81)(H,69,82)/t41?,42?,43?,51?,52-,53-,54?,55?,56?,57?,58-,59-,60-,61?/m1/s1. The predicted molar refractivity (Wildman–Crippen MR) is 339 cm³/mol. The van der Waals surface area contributed by atoms with E-state index in [-0.39, 0.29) is 204 Å². The number of hydrogen-bond acceptors (Lipinski definition) is 29. The number of amides is 7. The molecule has 3 fully saturated rings. The number of ether oxygens (including phenoxy) is 9. The Kier molecular flexibility index (Phi) is 44.2. The van der Waals surface area contributed by atoms with Crippen LogP contribution in [-0.2, 0) is 81.0 Å². The largest absolute Gasteiger partial charge is 0.394 e. The van der Waals surface area contributed by atoms with Crippen molar-refractivity contribution in [3.63, 3.8) is 0 Å². The molecule has 98 heavy (non-hydrogen) atoms. The minimum Gasteiger partial charge on any atom is -0.394 e. The van der Waals surface area contributed by atoms with Crippen LogP contribution in [0.1, 0.15) is 129 Å². The molecule has 19 N–H and O–H groups in total. The molecular formula is C62H111N7O29. The van der Waals surface area contributed by atoms with E-state index in [0.29, 0.717) is 57.8 Å². The van der Waals surface area contributed by atoms with Crippen molar-refractivity contribution in [3.8, 4) is 0 Å². The molecule has 0 aliphatic carbocycles. The molecule has 0 radical (unpaired) electrons. The van der Waals surface area contributed by atoms with Crippen LogP contribution in [0.25, 0.3) is 0 Å². The van der Waals surface area contributed by atoms with Crippen LogP contribution in [0.3, 0.4) is 0 Å². The first-order valence-electron chi connectivity index (χ1n) is 33.8. The molecule has 3 heterocycles. The van der Waals surface area contributed by atoms with Crippen molar-refractivity contribution in [2.75, 3.05) is 125 Å². The molecule has 8 unspecified atom stereocenters. The van der Waals surface area contributed by atoms with Gasteiger partial charge in [-0.1, -0.05) is 0 Å². The second-order valence-electron chi connectivity index (χ2n) is 24.6. The number of nitrogens with one attached hydrogen (secondary N) is 7. The molecule has 3 rings (SSSR count). The number of ketones is 1. The number of rotatable bonds is 54. The Balaban J connectivity index is 1.45. The van der Waals surface area contributed by atoms with Gasteiger partial charge in [-0.15, -0.1) is 0 Å². The van der Waals surface area contributed by atoms with Crippen molar-refractivity contribution < 1.29 is 142 Å². The Hall–Kier alpha value is -4.88. The van der Waals surface area contributed by atoms with Gasteiger partial charge in [0.25, 0.3) is 0 Å². The molecule has 0 aromatic heterocycles. The molecule has 3 aliphatic rings. The number of aliphatic hydroxyl groups excluding tert-OH is 12. The highest BCUT2D eigenvalue weighted by molar-refractivity contribution is 5.80. The highest BCUT2D eigenvalue weighted by Crippen LogP contribution is 2.30. The van der Waals surface area contributed by atoms with Crippen molar-refractivity contribution in [2.24, 2.45) is 0 Å². The topological polar surface area (TPSA) is 547 Å². The summed E-state index contributed by atoms with van der Waals surface area (Å²) < 4.78 is 50.5. The number of unbranched alkanes of at least 4 members (excludes halogenated alkanes) is 3. The Morgan fingerprint density at radius 3 is 1.06 bits per heavy atom. The Morgan fingerprint density at radius 2 is 0.724 bits per heavy atom. The summed E-state index contributed by atoms with van der Waals surface area (Å²) in [7, 11) is 0. The first kappa shape index (κ1) is 87.3. The fraction of sp³-hybridized carbons (Fsp3) is 0.871. The van der Waals surface area contributed by atoms with E-state index in [2.05, 4.69) is 37.2 Å². The van der Waals surface area contributed by atoms with Gasteiger partial charge in [0.1, 0.15) is 71.9 Å². The van der Waals surface area contributed by atoms with E-state index in [1.54, 1.807) is 0 Å². The lowest BCUT2D eigenvalue weighted by molar-refractivity contribution is -0.311. The third-order valence-electron chi connectivity index (χ3n) is 16.0. The number of Topliss-reactive ketones (excluding diaryl/α,β-unsaturated/α-hetero) is 1. The van der Waals surface area contributed by atoms with Gasteiger partial charge >= 0.3 is 0 Å². The van der Waals surface area contributed by atoms with E-state index in [0.717, 1.165) is 0 Å². The summed E-state index contributed by atoms with van der Waals surface area (Å²) in [5.41, 5.74) is -2.91.